The van der Waals surface area contributed by atoms with Gasteiger partial charge in [0.25, 0.3) is 0 Å². The Labute approximate surface area is 120 Å². The summed E-state index contributed by atoms with van der Waals surface area (Å²) < 4.78 is 0. The molecule has 2 N–H and O–H groups in total. The molecule has 0 saturated heterocycles. The summed E-state index contributed by atoms with van der Waals surface area (Å²) in [6, 6.07) is 10.5. The van der Waals surface area contributed by atoms with Crippen LogP contribution in [0.25, 0.3) is 0 Å². The molecule has 1 aromatic rings. The van der Waals surface area contributed by atoms with Crippen LogP contribution in [0, 0.1) is 5.92 Å². The van der Waals surface area contributed by atoms with E-state index in [1.54, 1.807) is 0 Å². The van der Waals surface area contributed by atoms with Crippen molar-refractivity contribution in [1.29, 1.82) is 0 Å². The Kier molecular flexibility index (Phi) is 6.32. The zero-order chi connectivity index (χ0) is 13.0. The summed E-state index contributed by atoms with van der Waals surface area (Å²) in [5.74, 6) is -0.891. The molecule has 1 aliphatic carbocycles. The van der Waals surface area contributed by atoms with Crippen LogP contribution in [0.5, 0.6) is 0 Å². The summed E-state index contributed by atoms with van der Waals surface area (Å²) in [7, 11) is 0. The van der Waals surface area contributed by atoms with E-state index in [1.807, 2.05) is 18.2 Å². The molecule has 3 unspecified atom stereocenters. The first-order valence-corrected chi connectivity index (χ1v) is 6.72. The maximum atomic E-state index is 11.2. The Balaban J connectivity index is 0.00000180. The standard InChI is InChI=1S/C15H21NO2.ClH/c1-11(12-7-3-2-4-8-12)16-14-10-6-5-9-13(14)15(17)18;/h2-4,7-8,11,13-14,16H,5-6,9-10H2,1H3,(H,17,18);1H. The van der Waals surface area contributed by atoms with Crippen molar-refractivity contribution in [3.8, 4) is 0 Å². The number of carboxylic acid groups (broad SMARTS) is 1. The van der Waals surface area contributed by atoms with Crippen LogP contribution in [0.3, 0.4) is 0 Å². The minimum atomic E-state index is -0.660. The van der Waals surface area contributed by atoms with Crippen molar-refractivity contribution in [1.82, 2.24) is 5.32 Å². The lowest BCUT2D eigenvalue weighted by Gasteiger charge is -2.32. The molecule has 0 bridgehead atoms. The average molecular weight is 284 g/mol. The highest BCUT2D eigenvalue weighted by atomic mass is 35.5. The number of carboxylic acids is 1. The molecule has 106 valence electrons. The highest BCUT2D eigenvalue weighted by Gasteiger charge is 2.31. The van der Waals surface area contributed by atoms with Crippen LogP contribution in [-0.2, 0) is 4.79 Å². The molecule has 0 amide bonds. The Morgan fingerprint density at radius 3 is 2.53 bits per heavy atom. The molecule has 1 aliphatic rings. The molecule has 0 heterocycles. The van der Waals surface area contributed by atoms with Gasteiger partial charge in [-0.3, -0.25) is 4.79 Å². The van der Waals surface area contributed by atoms with Crippen LogP contribution in [0.4, 0.5) is 0 Å². The quantitative estimate of drug-likeness (QED) is 0.890. The summed E-state index contributed by atoms with van der Waals surface area (Å²) in [5.41, 5.74) is 1.22. The molecule has 3 nitrogen and oxygen atoms in total. The number of hydrogen-bond acceptors (Lipinski definition) is 2. The van der Waals surface area contributed by atoms with Gasteiger partial charge in [-0.15, -0.1) is 12.4 Å². The van der Waals surface area contributed by atoms with Gasteiger partial charge in [0.2, 0.25) is 0 Å². The predicted octanol–water partition coefficient (Wildman–Crippen LogP) is 3.40. The van der Waals surface area contributed by atoms with Gasteiger partial charge >= 0.3 is 5.97 Å². The topological polar surface area (TPSA) is 49.3 Å². The molecule has 2 rings (SSSR count). The Hall–Kier alpha value is -1.06. The largest absolute Gasteiger partial charge is 0.481 e. The lowest BCUT2D eigenvalue weighted by Crippen LogP contribution is -2.43. The maximum Gasteiger partial charge on any atom is 0.308 e. The van der Waals surface area contributed by atoms with E-state index in [-0.39, 0.29) is 30.4 Å². The highest BCUT2D eigenvalue weighted by molar-refractivity contribution is 5.85. The summed E-state index contributed by atoms with van der Waals surface area (Å²) in [6.45, 7) is 2.10. The van der Waals surface area contributed by atoms with Gasteiger partial charge in [-0.2, -0.15) is 0 Å². The average Bonchev–Trinajstić information content (AvgIpc) is 2.40. The molecule has 19 heavy (non-hydrogen) atoms. The number of halogens is 1. The molecular weight excluding hydrogens is 262 g/mol. The Bertz CT molecular complexity index is 396. The molecule has 4 heteroatoms. The molecule has 0 aliphatic heterocycles. The summed E-state index contributed by atoms with van der Waals surface area (Å²) >= 11 is 0. The fourth-order valence-electron chi connectivity index (χ4n) is 2.78. The Morgan fingerprint density at radius 1 is 1.26 bits per heavy atom. The lowest BCUT2D eigenvalue weighted by molar-refractivity contribution is -0.143. The van der Waals surface area contributed by atoms with Gasteiger partial charge in [-0.25, -0.2) is 0 Å². The van der Waals surface area contributed by atoms with E-state index in [0.717, 1.165) is 25.7 Å². The zero-order valence-electron chi connectivity index (χ0n) is 11.2. The normalized spacial score (nSPS) is 24.3. The first kappa shape index (κ1) is 16.0. The second kappa shape index (κ2) is 7.51. The lowest BCUT2D eigenvalue weighted by atomic mass is 9.84. The first-order chi connectivity index (χ1) is 8.68. The molecule has 0 spiro atoms. The van der Waals surface area contributed by atoms with Crippen molar-refractivity contribution >= 4 is 18.4 Å². The van der Waals surface area contributed by atoms with Gasteiger partial charge < -0.3 is 10.4 Å². The van der Waals surface area contributed by atoms with E-state index in [4.69, 9.17) is 0 Å². The molecular formula is C15H22ClNO2. The zero-order valence-corrected chi connectivity index (χ0v) is 12.0. The fourth-order valence-corrected chi connectivity index (χ4v) is 2.78. The van der Waals surface area contributed by atoms with Gasteiger partial charge in [-0.1, -0.05) is 43.2 Å². The molecule has 0 radical (unpaired) electrons. The van der Waals surface area contributed by atoms with Crippen molar-refractivity contribution in [2.75, 3.05) is 0 Å². The number of aliphatic carboxylic acids is 1. The van der Waals surface area contributed by atoms with E-state index in [1.165, 1.54) is 5.56 Å². The first-order valence-electron chi connectivity index (χ1n) is 6.72. The number of rotatable bonds is 4. The van der Waals surface area contributed by atoms with Crippen molar-refractivity contribution < 1.29 is 9.90 Å². The van der Waals surface area contributed by atoms with Crippen molar-refractivity contribution in [3.63, 3.8) is 0 Å². The number of nitrogens with one attached hydrogen (secondary N) is 1. The van der Waals surface area contributed by atoms with Gasteiger partial charge in [-0.05, 0) is 25.3 Å². The van der Waals surface area contributed by atoms with E-state index >= 15 is 0 Å². The fraction of sp³-hybridized carbons (Fsp3) is 0.533. The summed E-state index contributed by atoms with van der Waals surface area (Å²) in [5, 5.41) is 12.7. The second-order valence-electron chi connectivity index (χ2n) is 5.13. The van der Waals surface area contributed by atoms with Crippen LogP contribution in [0.1, 0.15) is 44.2 Å². The molecule has 1 aromatic carbocycles. The summed E-state index contributed by atoms with van der Waals surface area (Å²) in [6.07, 6.45) is 3.93. The third kappa shape index (κ3) is 4.22. The Morgan fingerprint density at radius 2 is 1.89 bits per heavy atom. The number of benzene rings is 1. The van der Waals surface area contributed by atoms with Crippen LogP contribution >= 0.6 is 12.4 Å². The molecule has 1 saturated carbocycles. The SMILES string of the molecule is CC(NC1CCCCC1C(=O)O)c1ccccc1.Cl. The highest BCUT2D eigenvalue weighted by Crippen LogP contribution is 2.27. The van der Waals surface area contributed by atoms with E-state index < -0.39 is 5.97 Å². The maximum absolute atomic E-state index is 11.2. The van der Waals surface area contributed by atoms with Gasteiger partial charge in [0.15, 0.2) is 0 Å². The van der Waals surface area contributed by atoms with Gasteiger partial charge in [0, 0.05) is 12.1 Å². The monoisotopic (exact) mass is 283 g/mol. The third-order valence-corrected chi connectivity index (χ3v) is 3.85. The van der Waals surface area contributed by atoms with E-state index in [9.17, 15) is 9.90 Å². The van der Waals surface area contributed by atoms with Gasteiger partial charge in [0.05, 0.1) is 5.92 Å². The number of hydrogen-bond donors (Lipinski definition) is 2. The van der Waals surface area contributed by atoms with Crippen LogP contribution < -0.4 is 5.32 Å². The van der Waals surface area contributed by atoms with Crippen molar-refractivity contribution in [2.45, 2.75) is 44.7 Å². The molecule has 1 fully saturated rings. The smallest absolute Gasteiger partial charge is 0.308 e. The van der Waals surface area contributed by atoms with Crippen LogP contribution in [0.15, 0.2) is 30.3 Å². The molecule has 3 atom stereocenters. The van der Waals surface area contributed by atoms with E-state index in [2.05, 4.69) is 24.4 Å². The minimum absolute atomic E-state index is 0. The van der Waals surface area contributed by atoms with Crippen LogP contribution in [-0.4, -0.2) is 17.1 Å². The predicted molar refractivity (Wildman–Crippen MR) is 78.6 cm³/mol. The minimum Gasteiger partial charge on any atom is -0.481 e. The second-order valence-corrected chi connectivity index (χ2v) is 5.13. The van der Waals surface area contributed by atoms with E-state index in [0.29, 0.717) is 0 Å². The van der Waals surface area contributed by atoms with Crippen molar-refractivity contribution in [3.05, 3.63) is 35.9 Å². The van der Waals surface area contributed by atoms with Crippen molar-refractivity contribution in [2.24, 2.45) is 5.92 Å². The van der Waals surface area contributed by atoms with Gasteiger partial charge in [0.1, 0.15) is 0 Å². The summed E-state index contributed by atoms with van der Waals surface area (Å²) in [4.78, 5) is 11.2. The number of carbonyl (C=O) groups is 1. The third-order valence-electron chi connectivity index (χ3n) is 3.85. The van der Waals surface area contributed by atoms with Crippen LogP contribution in [0.2, 0.25) is 0 Å². The molecule has 0 aromatic heterocycles.